The number of aromatic nitrogens is 4. The molecule has 1 aromatic carbocycles. The highest BCUT2D eigenvalue weighted by Crippen LogP contribution is 2.15. The van der Waals surface area contributed by atoms with Gasteiger partial charge in [-0.2, -0.15) is 13.8 Å². The van der Waals surface area contributed by atoms with Crippen LogP contribution in [0.3, 0.4) is 0 Å². The van der Waals surface area contributed by atoms with Crippen molar-refractivity contribution in [1.29, 1.82) is 0 Å². The second-order valence-electron chi connectivity index (χ2n) is 6.29. The quantitative estimate of drug-likeness (QED) is 0.663. The number of nitrogens with zero attached hydrogens (tertiary/aromatic N) is 4. The predicted molar refractivity (Wildman–Crippen MR) is 99.6 cm³/mol. The molecule has 1 aliphatic rings. The number of carbonyl (C=O) groups is 2. The molecule has 1 aliphatic heterocycles. The van der Waals surface area contributed by atoms with E-state index in [4.69, 9.17) is 4.74 Å². The number of fused-ring (bicyclic) bond motifs is 1. The molecule has 3 aromatic rings. The lowest BCUT2D eigenvalue weighted by molar-refractivity contribution is -0.122. The van der Waals surface area contributed by atoms with Crippen molar-refractivity contribution in [3.63, 3.8) is 0 Å². The fourth-order valence-corrected chi connectivity index (χ4v) is 3.39. The maximum absolute atomic E-state index is 12.4. The van der Waals surface area contributed by atoms with Crippen LogP contribution in [0.25, 0.3) is 11.0 Å². The molecule has 3 heterocycles. The first kappa shape index (κ1) is 17.6. The van der Waals surface area contributed by atoms with E-state index in [2.05, 4.69) is 24.5 Å². The summed E-state index contributed by atoms with van der Waals surface area (Å²) in [5.41, 5.74) is 2.45. The Bertz CT molecular complexity index is 962. The Balaban J connectivity index is 1.31. The topological polar surface area (TPSA) is 111 Å². The summed E-state index contributed by atoms with van der Waals surface area (Å²) in [6, 6.07) is 5.15. The van der Waals surface area contributed by atoms with Crippen LogP contribution in [0.1, 0.15) is 23.2 Å². The van der Waals surface area contributed by atoms with Crippen LogP contribution < -0.4 is 10.6 Å². The second-order valence-corrected chi connectivity index (χ2v) is 6.82. The van der Waals surface area contributed by atoms with Gasteiger partial charge in [-0.1, -0.05) is 0 Å². The Kier molecular flexibility index (Phi) is 5.07. The van der Waals surface area contributed by atoms with Crippen LogP contribution in [0.15, 0.2) is 30.6 Å². The number of hydrogen-bond donors (Lipinski definition) is 2. The Labute approximate surface area is 159 Å². The Hall–Kier alpha value is -2.85. The number of ether oxygens (including phenoxy) is 1. The van der Waals surface area contributed by atoms with E-state index in [1.807, 2.05) is 0 Å². The number of nitrogens with one attached hydrogen (secondary N) is 2. The molecule has 27 heavy (non-hydrogen) atoms. The van der Waals surface area contributed by atoms with Crippen molar-refractivity contribution in [3.05, 3.63) is 36.2 Å². The smallest absolute Gasteiger partial charge is 0.255 e. The third kappa shape index (κ3) is 4.29. The Morgan fingerprint density at radius 1 is 1.30 bits per heavy atom. The van der Waals surface area contributed by atoms with Gasteiger partial charge >= 0.3 is 0 Å². The van der Waals surface area contributed by atoms with Gasteiger partial charge in [0.25, 0.3) is 5.91 Å². The molecule has 140 valence electrons. The van der Waals surface area contributed by atoms with Crippen molar-refractivity contribution < 1.29 is 14.3 Å². The molecule has 9 nitrogen and oxygen atoms in total. The highest BCUT2D eigenvalue weighted by atomic mass is 32.1. The average Bonchev–Trinajstić information content (AvgIpc) is 3.41. The number of hydrogen-bond acceptors (Lipinski definition) is 7. The van der Waals surface area contributed by atoms with Gasteiger partial charge < -0.3 is 15.4 Å². The molecule has 0 radical (unpaired) electrons. The summed E-state index contributed by atoms with van der Waals surface area (Å²) < 4.78 is 15.2. The summed E-state index contributed by atoms with van der Waals surface area (Å²) in [5, 5.41) is 9.72. The SMILES string of the molecule is O=C(Cn1cc(NC(=O)c2ccc3nsnc3c2)cn1)NC[C@@H]1CCCO1. The van der Waals surface area contributed by atoms with E-state index in [9.17, 15) is 9.59 Å². The van der Waals surface area contributed by atoms with Crippen LogP contribution >= 0.6 is 11.7 Å². The maximum atomic E-state index is 12.4. The Morgan fingerprint density at radius 3 is 3.04 bits per heavy atom. The van der Waals surface area contributed by atoms with E-state index in [1.165, 1.54) is 10.9 Å². The van der Waals surface area contributed by atoms with Gasteiger partial charge in [0.2, 0.25) is 5.91 Å². The molecule has 2 N–H and O–H groups in total. The van der Waals surface area contributed by atoms with E-state index in [0.29, 0.717) is 23.3 Å². The summed E-state index contributed by atoms with van der Waals surface area (Å²) in [6.45, 7) is 1.35. The third-order valence-corrected chi connectivity index (χ3v) is 4.82. The zero-order chi connectivity index (χ0) is 18.6. The molecule has 1 fully saturated rings. The van der Waals surface area contributed by atoms with Crippen molar-refractivity contribution in [2.45, 2.75) is 25.5 Å². The van der Waals surface area contributed by atoms with Crippen LogP contribution in [0.5, 0.6) is 0 Å². The first-order chi connectivity index (χ1) is 13.2. The normalized spacial score (nSPS) is 16.5. The molecule has 10 heteroatoms. The first-order valence-corrected chi connectivity index (χ1v) is 9.35. The van der Waals surface area contributed by atoms with Gasteiger partial charge in [-0.05, 0) is 31.0 Å². The van der Waals surface area contributed by atoms with Crippen molar-refractivity contribution in [2.24, 2.45) is 0 Å². The number of carbonyl (C=O) groups excluding carboxylic acids is 2. The van der Waals surface area contributed by atoms with E-state index < -0.39 is 0 Å². The van der Waals surface area contributed by atoms with Gasteiger partial charge in [-0.3, -0.25) is 14.3 Å². The lowest BCUT2D eigenvalue weighted by Crippen LogP contribution is -2.34. The van der Waals surface area contributed by atoms with Crippen LogP contribution in [0.2, 0.25) is 0 Å². The molecule has 0 unspecified atom stereocenters. The zero-order valence-corrected chi connectivity index (χ0v) is 15.2. The monoisotopic (exact) mass is 386 g/mol. The van der Waals surface area contributed by atoms with Gasteiger partial charge in [0, 0.05) is 24.9 Å². The molecule has 4 rings (SSSR count). The van der Waals surface area contributed by atoms with Gasteiger partial charge in [-0.25, -0.2) is 0 Å². The number of anilines is 1. The summed E-state index contributed by atoms with van der Waals surface area (Å²) in [7, 11) is 0. The minimum absolute atomic E-state index is 0.0824. The minimum Gasteiger partial charge on any atom is -0.376 e. The van der Waals surface area contributed by atoms with Crippen molar-refractivity contribution >= 4 is 40.3 Å². The first-order valence-electron chi connectivity index (χ1n) is 8.62. The van der Waals surface area contributed by atoms with Gasteiger partial charge in [0.1, 0.15) is 17.6 Å². The van der Waals surface area contributed by atoms with Crippen molar-refractivity contribution in [2.75, 3.05) is 18.5 Å². The highest BCUT2D eigenvalue weighted by molar-refractivity contribution is 7.00. The average molecular weight is 386 g/mol. The summed E-state index contributed by atoms with van der Waals surface area (Å²) in [5.74, 6) is -0.416. The molecule has 0 spiro atoms. The third-order valence-electron chi connectivity index (χ3n) is 4.26. The fraction of sp³-hybridized carbons (Fsp3) is 0.353. The zero-order valence-electron chi connectivity index (χ0n) is 14.4. The fourth-order valence-electron chi connectivity index (χ4n) is 2.88. The summed E-state index contributed by atoms with van der Waals surface area (Å²) >= 11 is 1.11. The van der Waals surface area contributed by atoms with E-state index in [-0.39, 0.29) is 24.5 Å². The summed E-state index contributed by atoms with van der Waals surface area (Å²) in [4.78, 5) is 24.4. The standard InChI is InChI=1S/C17H18N6O3S/c24-16(18-8-13-2-1-5-26-13)10-23-9-12(7-19-23)20-17(25)11-3-4-14-15(6-11)22-27-21-14/h3-4,6-7,9,13H,1-2,5,8,10H2,(H,18,24)(H,20,25)/t13-/m0/s1. The number of benzene rings is 1. The number of rotatable bonds is 6. The molecule has 0 saturated carbocycles. The molecule has 0 bridgehead atoms. The molecule has 1 saturated heterocycles. The van der Waals surface area contributed by atoms with Crippen molar-refractivity contribution in [3.8, 4) is 0 Å². The van der Waals surface area contributed by atoms with Crippen LogP contribution in [0, 0.1) is 0 Å². The molecule has 2 amide bonds. The lowest BCUT2D eigenvalue weighted by Gasteiger charge is -2.10. The highest BCUT2D eigenvalue weighted by Gasteiger charge is 2.16. The number of amides is 2. The van der Waals surface area contributed by atoms with Crippen LogP contribution in [-0.4, -0.2) is 49.6 Å². The van der Waals surface area contributed by atoms with Gasteiger partial charge in [0.05, 0.1) is 29.7 Å². The van der Waals surface area contributed by atoms with Gasteiger partial charge in [-0.15, -0.1) is 0 Å². The molecule has 0 aliphatic carbocycles. The van der Waals surface area contributed by atoms with Gasteiger partial charge in [0.15, 0.2) is 0 Å². The Morgan fingerprint density at radius 2 is 2.19 bits per heavy atom. The van der Waals surface area contributed by atoms with Crippen LogP contribution in [-0.2, 0) is 16.1 Å². The molecule has 1 atom stereocenters. The minimum atomic E-state index is -0.271. The van der Waals surface area contributed by atoms with Crippen LogP contribution in [0.4, 0.5) is 5.69 Å². The predicted octanol–water partition coefficient (Wildman–Crippen LogP) is 1.44. The summed E-state index contributed by atoms with van der Waals surface area (Å²) in [6.07, 6.45) is 5.24. The van der Waals surface area contributed by atoms with Crippen molar-refractivity contribution in [1.82, 2.24) is 23.8 Å². The molecular weight excluding hydrogens is 368 g/mol. The molecular formula is C17H18N6O3S. The maximum Gasteiger partial charge on any atom is 0.255 e. The second kappa shape index (κ2) is 7.80. The van der Waals surface area contributed by atoms with E-state index in [1.54, 1.807) is 24.4 Å². The van der Waals surface area contributed by atoms with E-state index in [0.717, 1.165) is 36.7 Å². The lowest BCUT2D eigenvalue weighted by atomic mass is 10.2. The van der Waals surface area contributed by atoms with E-state index >= 15 is 0 Å². The largest absolute Gasteiger partial charge is 0.376 e. The molecule has 2 aromatic heterocycles.